The number of ether oxygens (including phenoxy) is 1. The summed E-state index contributed by atoms with van der Waals surface area (Å²) < 4.78 is 6.28. The largest absolute Gasteiger partial charge is 0.492 e. The van der Waals surface area contributed by atoms with Crippen molar-refractivity contribution in [2.45, 2.75) is 70.1 Å². The monoisotopic (exact) mass is 476 g/mol. The van der Waals surface area contributed by atoms with Gasteiger partial charge < -0.3 is 9.64 Å². The first kappa shape index (κ1) is 23.1. The maximum absolute atomic E-state index is 13.2. The number of likely N-dealkylation sites (tertiary alicyclic amines) is 1. The highest BCUT2D eigenvalue weighted by atomic mass is 16.5. The molecule has 1 saturated heterocycles. The quantitative estimate of drug-likeness (QED) is 0.673. The SMILES string of the molecule is O=C(c1cc(C2CC2)[nH]n1)N1CCC2(CCCCc3ccccc3OCCN(CC3CC3)C2)CC1. The third kappa shape index (κ3) is 5.58. The lowest BCUT2D eigenvalue weighted by Gasteiger charge is -2.45. The second kappa shape index (κ2) is 9.96. The molecule has 1 aromatic heterocycles. The fourth-order valence-electron chi connectivity index (χ4n) is 6.21. The number of H-pyrrole nitrogens is 1. The Balaban J connectivity index is 1.13. The second-order valence-corrected chi connectivity index (χ2v) is 11.6. The minimum absolute atomic E-state index is 0.107. The van der Waals surface area contributed by atoms with Crippen LogP contribution in [0.2, 0.25) is 0 Å². The zero-order chi connectivity index (χ0) is 23.7. The molecule has 1 N–H and O–H groups in total. The molecule has 0 bridgehead atoms. The summed E-state index contributed by atoms with van der Waals surface area (Å²) in [5.74, 6) is 2.65. The number of rotatable bonds is 4. The highest BCUT2D eigenvalue weighted by Gasteiger charge is 2.39. The molecule has 6 rings (SSSR count). The van der Waals surface area contributed by atoms with E-state index in [1.54, 1.807) is 0 Å². The van der Waals surface area contributed by atoms with E-state index in [9.17, 15) is 4.79 Å². The molecule has 0 unspecified atom stereocenters. The highest BCUT2D eigenvalue weighted by Crippen LogP contribution is 2.41. The van der Waals surface area contributed by atoms with Crippen molar-refractivity contribution in [3.8, 4) is 5.75 Å². The first-order valence-electron chi connectivity index (χ1n) is 14.0. The number of aromatic nitrogens is 2. The molecular weight excluding hydrogens is 436 g/mol. The molecule has 1 amide bonds. The van der Waals surface area contributed by atoms with Gasteiger partial charge >= 0.3 is 0 Å². The van der Waals surface area contributed by atoms with Crippen molar-refractivity contribution in [1.29, 1.82) is 0 Å². The Hall–Kier alpha value is -2.34. The van der Waals surface area contributed by atoms with E-state index in [1.807, 2.05) is 6.07 Å². The molecule has 2 aliphatic carbocycles. The smallest absolute Gasteiger partial charge is 0.274 e. The van der Waals surface area contributed by atoms with E-state index in [0.29, 0.717) is 17.0 Å². The van der Waals surface area contributed by atoms with Crippen LogP contribution in [0.5, 0.6) is 5.75 Å². The zero-order valence-corrected chi connectivity index (χ0v) is 21.0. The number of carbonyl (C=O) groups excluding carboxylic acids is 1. The molecule has 0 radical (unpaired) electrons. The number of amides is 1. The number of hydrogen-bond donors (Lipinski definition) is 1. The number of aryl methyl sites for hydroxylation is 1. The fourth-order valence-corrected chi connectivity index (χ4v) is 6.21. The molecular formula is C29H40N4O2. The van der Waals surface area contributed by atoms with Crippen LogP contribution in [0.3, 0.4) is 0 Å². The van der Waals surface area contributed by atoms with Crippen molar-refractivity contribution < 1.29 is 9.53 Å². The maximum Gasteiger partial charge on any atom is 0.274 e. The third-order valence-corrected chi connectivity index (χ3v) is 8.76. The van der Waals surface area contributed by atoms with Crippen LogP contribution in [0.25, 0.3) is 0 Å². The summed E-state index contributed by atoms with van der Waals surface area (Å²) in [5, 5.41) is 7.46. The number of aromatic amines is 1. The van der Waals surface area contributed by atoms with E-state index in [2.05, 4.69) is 44.3 Å². The Bertz CT molecular complexity index is 1020. The maximum atomic E-state index is 13.2. The predicted molar refractivity (Wildman–Crippen MR) is 137 cm³/mol. The molecule has 1 aromatic carbocycles. The van der Waals surface area contributed by atoms with Crippen molar-refractivity contribution in [2.24, 2.45) is 11.3 Å². The predicted octanol–water partition coefficient (Wildman–Crippen LogP) is 5.03. The van der Waals surface area contributed by atoms with Crippen molar-refractivity contribution in [3.05, 3.63) is 47.3 Å². The van der Waals surface area contributed by atoms with E-state index >= 15 is 0 Å². The van der Waals surface area contributed by atoms with Gasteiger partial charge in [0.05, 0.1) is 0 Å². The molecule has 2 saturated carbocycles. The number of hydrogen-bond acceptors (Lipinski definition) is 4. The van der Waals surface area contributed by atoms with Gasteiger partial charge in [0.2, 0.25) is 0 Å². The van der Waals surface area contributed by atoms with Gasteiger partial charge in [0.15, 0.2) is 0 Å². The average molecular weight is 477 g/mol. The van der Waals surface area contributed by atoms with E-state index in [1.165, 1.54) is 57.1 Å². The van der Waals surface area contributed by atoms with Crippen LogP contribution in [-0.2, 0) is 6.42 Å². The van der Waals surface area contributed by atoms with Crippen LogP contribution in [-0.4, -0.2) is 65.2 Å². The number of nitrogens with one attached hydrogen (secondary N) is 1. The standard InChI is InChI=1S/C29H40N4O2/c34-28(26-19-25(30-31-26)23-10-11-23)33-15-13-29(14-16-33)12-4-3-6-24-5-1-2-7-27(24)35-18-17-32(21-29)20-22-8-9-22/h1-2,5,7,19,22-23H,3-4,6,8-18,20-21H2,(H,30,31). The third-order valence-electron chi connectivity index (χ3n) is 8.76. The van der Waals surface area contributed by atoms with Gasteiger partial charge in [-0.1, -0.05) is 24.6 Å². The Kier molecular flexibility index (Phi) is 6.57. The van der Waals surface area contributed by atoms with Crippen LogP contribution >= 0.6 is 0 Å². The topological polar surface area (TPSA) is 61.5 Å². The Labute approximate surface area is 209 Å². The van der Waals surface area contributed by atoms with E-state index in [4.69, 9.17) is 4.74 Å². The Morgan fingerprint density at radius 2 is 1.89 bits per heavy atom. The molecule has 35 heavy (non-hydrogen) atoms. The Morgan fingerprint density at radius 1 is 1.06 bits per heavy atom. The van der Waals surface area contributed by atoms with Gasteiger partial charge in [-0.3, -0.25) is 14.8 Å². The molecule has 2 aromatic rings. The summed E-state index contributed by atoms with van der Waals surface area (Å²) >= 11 is 0. The van der Waals surface area contributed by atoms with Crippen molar-refractivity contribution in [3.63, 3.8) is 0 Å². The van der Waals surface area contributed by atoms with Gasteiger partial charge in [-0.25, -0.2) is 0 Å². The molecule has 6 heteroatoms. The summed E-state index contributed by atoms with van der Waals surface area (Å²) in [4.78, 5) is 17.9. The number of fused-ring (bicyclic) bond motifs is 1. The van der Waals surface area contributed by atoms with Gasteiger partial charge in [-0.15, -0.1) is 0 Å². The summed E-state index contributed by atoms with van der Waals surface area (Å²) in [6.45, 7) is 5.79. The number of piperidine rings is 1. The van der Waals surface area contributed by atoms with Gasteiger partial charge in [-0.05, 0) is 86.8 Å². The Morgan fingerprint density at radius 3 is 2.69 bits per heavy atom. The minimum Gasteiger partial charge on any atom is -0.492 e. The lowest BCUT2D eigenvalue weighted by Crippen LogP contribution is -2.49. The van der Waals surface area contributed by atoms with Crippen LogP contribution in [0, 0.1) is 11.3 Å². The number of benzene rings is 1. The van der Waals surface area contributed by atoms with Gasteiger partial charge in [-0.2, -0.15) is 5.10 Å². The van der Waals surface area contributed by atoms with E-state index in [0.717, 1.165) is 69.4 Å². The molecule has 188 valence electrons. The van der Waals surface area contributed by atoms with Gasteiger partial charge in [0.1, 0.15) is 18.1 Å². The van der Waals surface area contributed by atoms with Crippen LogP contribution in [0.15, 0.2) is 30.3 Å². The summed E-state index contributed by atoms with van der Waals surface area (Å²) in [7, 11) is 0. The van der Waals surface area contributed by atoms with E-state index in [-0.39, 0.29) is 5.91 Å². The van der Waals surface area contributed by atoms with Crippen molar-refractivity contribution in [2.75, 3.05) is 39.3 Å². The van der Waals surface area contributed by atoms with Crippen LogP contribution < -0.4 is 4.74 Å². The fraction of sp³-hybridized carbons (Fsp3) is 0.655. The number of nitrogens with zero attached hydrogens (tertiary/aromatic N) is 3. The highest BCUT2D eigenvalue weighted by molar-refractivity contribution is 5.92. The molecule has 3 heterocycles. The van der Waals surface area contributed by atoms with Crippen molar-refractivity contribution >= 4 is 5.91 Å². The molecule has 6 nitrogen and oxygen atoms in total. The van der Waals surface area contributed by atoms with Crippen LogP contribution in [0.4, 0.5) is 0 Å². The van der Waals surface area contributed by atoms with E-state index < -0.39 is 0 Å². The first-order valence-corrected chi connectivity index (χ1v) is 14.0. The van der Waals surface area contributed by atoms with Crippen LogP contribution in [0.1, 0.15) is 85.5 Å². The van der Waals surface area contributed by atoms with Gasteiger partial charge in [0.25, 0.3) is 5.91 Å². The number of para-hydroxylation sites is 1. The summed E-state index contributed by atoms with van der Waals surface area (Å²) in [5.41, 5.74) is 3.39. The average Bonchev–Trinajstić information content (AvgIpc) is 3.82. The molecule has 3 fully saturated rings. The molecule has 2 aliphatic heterocycles. The lowest BCUT2D eigenvalue weighted by molar-refractivity contribution is 0.0365. The summed E-state index contributed by atoms with van der Waals surface area (Å²) in [6.07, 6.45) is 12.2. The summed E-state index contributed by atoms with van der Waals surface area (Å²) in [6, 6.07) is 10.6. The number of carbonyl (C=O) groups is 1. The normalized spacial score (nSPS) is 23.7. The van der Waals surface area contributed by atoms with Gasteiger partial charge in [0, 0.05) is 44.3 Å². The molecule has 0 atom stereocenters. The lowest BCUT2D eigenvalue weighted by atomic mass is 9.73. The molecule has 1 spiro atoms. The first-order chi connectivity index (χ1) is 17.2. The molecule has 4 aliphatic rings. The zero-order valence-electron chi connectivity index (χ0n) is 21.0. The minimum atomic E-state index is 0.107. The van der Waals surface area contributed by atoms with Crippen molar-refractivity contribution in [1.82, 2.24) is 20.0 Å². The second-order valence-electron chi connectivity index (χ2n) is 11.6.